The molecule has 2 unspecified atom stereocenters. The molecule has 0 saturated carbocycles. The summed E-state index contributed by atoms with van der Waals surface area (Å²) in [7, 11) is 0. The van der Waals surface area contributed by atoms with Gasteiger partial charge >= 0.3 is 5.97 Å². The molecule has 0 amide bonds. The van der Waals surface area contributed by atoms with Gasteiger partial charge in [-0.05, 0) is 27.0 Å². The van der Waals surface area contributed by atoms with Crippen LogP contribution in [0.5, 0.6) is 0 Å². The van der Waals surface area contributed by atoms with E-state index < -0.39 is 17.6 Å². The van der Waals surface area contributed by atoms with Crippen LogP contribution >= 0.6 is 0 Å². The molecule has 15 heavy (non-hydrogen) atoms. The van der Waals surface area contributed by atoms with Crippen LogP contribution in [0.15, 0.2) is 12.3 Å². The average Bonchev–Trinajstić information content (AvgIpc) is 2.59. The van der Waals surface area contributed by atoms with Crippen molar-refractivity contribution in [2.75, 3.05) is 6.54 Å². The van der Waals surface area contributed by atoms with E-state index in [4.69, 9.17) is 4.74 Å². The van der Waals surface area contributed by atoms with Gasteiger partial charge in [0.2, 0.25) is 0 Å². The highest BCUT2D eigenvalue weighted by Crippen LogP contribution is 2.28. The molecule has 0 aliphatic carbocycles. The molecule has 2 rings (SSSR count). The van der Waals surface area contributed by atoms with Crippen LogP contribution in [0.25, 0.3) is 0 Å². The Morgan fingerprint density at radius 1 is 1.53 bits per heavy atom. The highest BCUT2D eigenvalue weighted by Gasteiger charge is 2.47. The summed E-state index contributed by atoms with van der Waals surface area (Å²) in [6, 6.07) is -0.709. The first-order chi connectivity index (χ1) is 6.88. The molecule has 4 heteroatoms. The molecule has 4 nitrogen and oxygen atoms in total. The number of carbonyl (C=O) groups is 2. The lowest BCUT2D eigenvalue weighted by Gasteiger charge is -2.25. The van der Waals surface area contributed by atoms with Crippen molar-refractivity contribution in [2.24, 2.45) is 5.92 Å². The van der Waals surface area contributed by atoms with E-state index in [0.29, 0.717) is 6.54 Å². The number of hydrogen-bond donors (Lipinski definition) is 0. The fraction of sp³-hybridized carbons (Fsp3) is 0.636. The Labute approximate surface area is 88.9 Å². The topological polar surface area (TPSA) is 46.6 Å². The first kappa shape index (κ1) is 10.2. The van der Waals surface area contributed by atoms with Crippen LogP contribution < -0.4 is 0 Å². The van der Waals surface area contributed by atoms with Crippen molar-refractivity contribution in [3.63, 3.8) is 0 Å². The van der Waals surface area contributed by atoms with Gasteiger partial charge in [-0.3, -0.25) is 4.79 Å². The Balaban J connectivity index is 2.09. The molecule has 0 radical (unpaired) electrons. The van der Waals surface area contributed by atoms with Crippen molar-refractivity contribution >= 4 is 11.8 Å². The number of fused-ring (bicyclic) bond motifs is 2. The number of rotatable bonds is 1. The molecular weight excluding hydrogens is 194 g/mol. The lowest BCUT2D eigenvalue weighted by Crippen LogP contribution is -2.42. The molecular formula is C11H15NO3. The highest BCUT2D eigenvalue weighted by molar-refractivity contribution is 6.07. The molecule has 1 saturated heterocycles. The fourth-order valence-corrected chi connectivity index (χ4v) is 1.91. The Morgan fingerprint density at radius 3 is 2.67 bits per heavy atom. The van der Waals surface area contributed by atoms with Crippen LogP contribution in [-0.2, 0) is 14.3 Å². The molecule has 0 aromatic heterocycles. The summed E-state index contributed by atoms with van der Waals surface area (Å²) in [5, 5.41) is 0. The Morgan fingerprint density at radius 2 is 2.20 bits per heavy atom. The molecule has 2 bridgehead atoms. The summed E-state index contributed by atoms with van der Waals surface area (Å²) in [5.74, 6) is -0.575. The molecule has 0 spiro atoms. The van der Waals surface area contributed by atoms with Gasteiger partial charge in [-0.2, -0.15) is 0 Å². The molecule has 82 valence electrons. The van der Waals surface area contributed by atoms with E-state index in [-0.39, 0.29) is 11.7 Å². The summed E-state index contributed by atoms with van der Waals surface area (Å²) in [6.45, 7) is 6.03. The second-order valence-corrected chi connectivity index (χ2v) is 4.98. The second-order valence-electron chi connectivity index (χ2n) is 4.98. The van der Waals surface area contributed by atoms with Crippen molar-refractivity contribution < 1.29 is 14.3 Å². The standard InChI is InChI=1S/C11H15NO3/c1-11(2,3)15-10(14)8-9(13)7-4-5-12(8)6-7/h4-5,7-8H,6H2,1-3H3. The highest BCUT2D eigenvalue weighted by atomic mass is 16.6. The molecule has 0 N–H and O–H groups in total. The summed E-state index contributed by atoms with van der Waals surface area (Å²) in [6.07, 6.45) is 3.64. The third-order valence-corrected chi connectivity index (χ3v) is 2.51. The first-order valence-electron chi connectivity index (χ1n) is 5.09. The molecule has 2 atom stereocenters. The first-order valence-corrected chi connectivity index (χ1v) is 5.09. The monoisotopic (exact) mass is 209 g/mol. The zero-order chi connectivity index (χ0) is 11.2. The van der Waals surface area contributed by atoms with Crippen LogP contribution in [0.1, 0.15) is 20.8 Å². The Kier molecular flexibility index (Phi) is 2.10. The van der Waals surface area contributed by atoms with Gasteiger partial charge < -0.3 is 9.64 Å². The van der Waals surface area contributed by atoms with Crippen molar-refractivity contribution in [1.82, 2.24) is 4.90 Å². The van der Waals surface area contributed by atoms with Crippen LogP contribution in [0, 0.1) is 5.92 Å². The van der Waals surface area contributed by atoms with Crippen LogP contribution in [0.2, 0.25) is 0 Å². The summed E-state index contributed by atoms with van der Waals surface area (Å²) in [4.78, 5) is 25.2. The molecule has 2 aliphatic rings. The predicted octanol–water partition coefficient (Wildman–Crippen LogP) is 0.725. The quantitative estimate of drug-likeness (QED) is 0.471. The summed E-state index contributed by atoms with van der Waals surface area (Å²) >= 11 is 0. The summed E-state index contributed by atoms with van der Waals surface area (Å²) in [5.41, 5.74) is -0.538. The van der Waals surface area contributed by atoms with E-state index in [0.717, 1.165) is 0 Å². The lowest BCUT2D eigenvalue weighted by molar-refractivity contribution is -0.161. The van der Waals surface area contributed by atoms with E-state index in [9.17, 15) is 9.59 Å². The molecule has 2 aliphatic heterocycles. The van der Waals surface area contributed by atoms with E-state index in [1.54, 1.807) is 31.9 Å². The van der Waals surface area contributed by atoms with E-state index in [2.05, 4.69) is 0 Å². The summed E-state index contributed by atoms with van der Waals surface area (Å²) < 4.78 is 5.21. The zero-order valence-electron chi connectivity index (χ0n) is 9.19. The van der Waals surface area contributed by atoms with Gasteiger partial charge in [-0.1, -0.05) is 6.08 Å². The maximum atomic E-state index is 11.7. The maximum absolute atomic E-state index is 11.7. The van der Waals surface area contributed by atoms with E-state index in [1.165, 1.54) is 0 Å². The third kappa shape index (κ3) is 1.76. The molecule has 2 heterocycles. The van der Waals surface area contributed by atoms with Crippen molar-refractivity contribution in [1.29, 1.82) is 0 Å². The van der Waals surface area contributed by atoms with E-state index >= 15 is 0 Å². The number of carbonyl (C=O) groups excluding carboxylic acids is 2. The third-order valence-electron chi connectivity index (χ3n) is 2.51. The number of nitrogens with zero attached hydrogens (tertiary/aromatic N) is 1. The van der Waals surface area contributed by atoms with Gasteiger partial charge in [-0.25, -0.2) is 4.79 Å². The number of ketones is 1. The van der Waals surface area contributed by atoms with Gasteiger partial charge in [0.15, 0.2) is 11.8 Å². The largest absolute Gasteiger partial charge is 0.458 e. The molecule has 0 aromatic carbocycles. The Hall–Kier alpha value is -1.32. The normalized spacial score (nSPS) is 28.7. The van der Waals surface area contributed by atoms with Crippen molar-refractivity contribution in [3.05, 3.63) is 12.3 Å². The van der Waals surface area contributed by atoms with Gasteiger partial charge in [-0.15, -0.1) is 0 Å². The van der Waals surface area contributed by atoms with Gasteiger partial charge in [0.05, 0.1) is 5.92 Å². The van der Waals surface area contributed by atoms with Crippen molar-refractivity contribution in [3.8, 4) is 0 Å². The van der Waals surface area contributed by atoms with Gasteiger partial charge in [0, 0.05) is 6.54 Å². The number of ether oxygens (including phenoxy) is 1. The SMILES string of the molecule is CC(C)(C)OC(=O)C1C(=O)C2C=CN1C2. The fourth-order valence-electron chi connectivity index (χ4n) is 1.91. The van der Waals surface area contributed by atoms with Gasteiger partial charge in [0.1, 0.15) is 5.60 Å². The molecule has 0 aromatic rings. The number of Topliss-reactive ketones (excluding diaryl/α,β-unsaturated/α-hetero) is 1. The Bertz CT molecular complexity index is 340. The second kappa shape index (κ2) is 3.08. The minimum Gasteiger partial charge on any atom is -0.458 e. The maximum Gasteiger partial charge on any atom is 0.337 e. The van der Waals surface area contributed by atoms with E-state index in [1.807, 2.05) is 6.08 Å². The zero-order valence-corrected chi connectivity index (χ0v) is 9.19. The minimum atomic E-state index is -0.709. The average molecular weight is 209 g/mol. The van der Waals surface area contributed by atoms with Crippen LogP contribution in [0.4, 0.5) is 0 Å². The smallest absolute Gasteiger partial charge is 0.337 e. The van der Waals surface area contributed by atoms with Crippen LogP contribution in [-0.4, -0.2) is 34.8 Å². The van der Waals surface area contributed by atoms with Crippen molar-refractivity contribution in [2.45, 2.75) is 32.4 Å². The number of hydrogen-bond acceptors (Lipinski definition) is 4. The van der Waals surface area contributed by atoms with Crippen LogP contribution in [0.3, 0.4) is 0 Å². The number of esters is 1. The predicted molar refractivity (Wildman–Crippen MR) is 54.0 cm³/mol. The lowest BCUT2D eigenvalue weighted by atomic mass is 10.0. The minimum absolute atomic E-state index is 0.0354. The van der Waals surface area contributed by atoms with Gasteiger partial charge in [0.25, 0.3) is 0 Å². The molecule has 1 fully saturated rings.